The van der Waals surface area contributed by atoms with Gasteiger partial charge in [0.2, 0.25) is 0 Å². The second kappa shape index (κ2) is 4.09. The van der Waals surface area contributed by atoms with E-state index in [1.165, 1.54) is 0 Å². The number of nitrogens with one attached hydrogen (secondary N) is 1. The van der Waals surface area contributed by atoms with E-state index in [1.807, 2.05) is 19.1 Å². The Bertz CT molecular complexity index is 267. The van der Waals surface area contributed by atoms with Crippen LogP contribution in [-0.2, 0) is 5.72 Å². The maximum absolute atomic E-state index is 10.0. The van der Waals surface area contributed by atoms with Gasteiger partial charge in [0.05, 0.1) is 0 Å². The van der Waals surface area contributed by atoms with Gasteiger partial charge in [-0.3, -0.25) is 5.32 Å². The molecule has 2 nitrogen and oxygen atoms in total. The average Bonchev–Trinajstić information content (AvgIpc) is 2.18. The molecule has 13 heavy (non-hydrogen) atoms. The van der Waals surface area contributed by atoms with Crippen LogP contribution in [-0.4, -0.2) is 12.2 Å². The van der Waals surface area contributed by atoms with Crippen LogP contribution in [0.15, 0.2) is 24.3 Å². The Labute approximate surface area is 83.5 Å². The largest absolute Gasteiger partial charge is 0.372 e. The highest BCUT2D eigenvalue weighted by molar-refractivity contribution is 6.30. The second-order valence-electron chi connectivity index (χ2n) is 2.97. The van der Waals surface area contributed by atoms with Crippen molar-refractivity contribution in [1.82, 2.24) is 5.32 Å². The lowest BCUT2D eigenvalue weighted by molar-refractivity contribution is 0.00413. The minimum atomic E-state index is -0.940. The van der Waals surface area contributed by atoms with Crippen molar-refractivity contribution in [3.8, 4) is 0 Å². The zero-order valence-corrected chi connectivity index (χ0v) is 8.60. The van der Waals surface area contributed by atoms with Gasteiger partial charge in [-0.1, -0.05) is 30.7 Å². The van der Waals surface area contributed by atoms with Crippen LogP contribution in [0, 0.1) is 0 Å². The van der Waals surface area contributed by atoms with Gasteiger partial charge in [0, 0.05) is 5.02 Å². The Morgan fingerprint density at radius 2 is 1.92 bits per heavy atom. The van der Waals surface area contributed by atoms with Crippen LogP contribution >= 0.6 is 11.6 Å². The molecule has 0 aliphatic heterocycles. The van der Waals surface area contributed by atoms with Crippen molar-refractivity contribution in [2.45, 2.75) is 19.1 Å². The van der Waals surface area contributed by atoms with E-state index in [-0.39, 0.29) is 0 Å². The zero-order valence-electron chi connectivity index (χ0n) is 7.84. The Morgan fingerprint density at radius 1 is 1.38 bits per heavy atom. The highest BCUT2D eigenvalue weighted by atomic mass is 35.5. The van der Waals surface area contributed by atoms with E-state index in [0.29, 0.717) is 11.4 Å². The number of hydrogen-bond donors (Lipinski definition) is 2. The second-order valence-corrected chi connectivity index (χ2v) is 3.41. The van der Waals surface area contributed by atoms with E-state index in [9.17, 15) is 5.11 Å². The SMILES string of the molecule is CCC(O)(NC)c1ccc(Cl)cc1. The Hall–Kier alpha value is -0.570. The summed E-state index contributed by atoms with van der Waals surface area (Å²) in [6, 6.07) is 7.19. The van der Waals surface area contributed by atoms with E-state index in [0.717, 1.165) is 5.56 Å². The summed E-state index contributed by atoms with van der Waals surface area (Å²) in [5.74, 6) is 0. The monoisotopic (exact) mass is 199 g/mol. The Balaban J connectivity index is 2.99. The molecule has 0 bridgehead atoms. The van der Waals surface area contributed by atoms with E-state index in [4.69, 9.17) is 11.6 Å². The van der Waals surface area contributed by atoms with Gasteiger partial charge in [-0.15, -0.1) is 0 Å². The van der Waals surface area contributed by atoms with E-state index >= 15 is 0 Å². The smallest absolute Gasteiger partial charge is 0.141 e. The maximum atomic E-state index is 10.0. The standard InChI is InChI=1S/C10H14ClNO/c1-3-10(13,12-2)8-4-6-9(11)7-5-8/h4-7,12-13H,3H2,1-2H3. The molecular weight excluding hydrogens is 186 g/mol. The van der Waals surface area contributed by atoms with Gasteiger partial charge in [-0.05, 0) is 31.2 Å². The van der Waals surface area contributed by atoms with Gasteiger partial charge in [0.15, 0.2) is 0 Å². The van der Waals surface area contributed by atoms with Gasteiger partial charge < -0.3 is 5.11 Å². The molecule has 0 amide bonds. The molecule has 1 rings (SSSR count). The fourth-order valence-corrected chi connectivity index (χ4v) is 1.38. The minimum absolute atomic E-state index is 0.616. The van der Waals surface area contributed by atoms with E-state index in [1.54, 1.807) is 19.2 Å². The van der Waals surface area contributed by atoms with Crippen LogP contribution in [0.1, 0.15) is 18.9 Å². The van der Waals surface area contributed by atoms with Crippen molar-refractivity contribution in [1.29, 1.82) is 0 Å². The van der Waals surface area contributed by atoms with Crippen molar-refractivity contribution in [2.75, 3.05) is 7.05 Å². The molecule has 0 aromatic heterocycles. The van der Waals surface area contributed by atoms with Crippen LogP contribution in [0.3, 0.4) is 0 Å². The molecule has 1 aromatic rings. The molecule has 0 heterocycles. The highest BCUT2D eigenvalue weighted by Crippen LogP contribution is 2.22. The molecule has 0 radical (unpaired) electrons. The third kappa shape index (κ3) is 2.21. The highest BCUT2D eigenvalue weighted by Gasteiger charge is 2.23. The fourth-order valence-electron chi connectivity index (χ4n) is 1.25. The van der Waals surface area contributed by atoms with Crippen molar-refractivity contribution in [3.63, 3.8) is 0 Å². The molecule has 0 aliphatic carbocycles. The Kier molecular flexibility index (Phi) is 3.31. The predicted octanol–water partition coefficient (Wildman–Crippen LogP) is 2.11. The summed E-state index contributed by atoms with van der Waals surface area (Å²) in [4.78, 5) is 0. The molecule has 1 unspecified atom stereocenters. The molecule has 1 atom stereocenters. The first kappa shape index (κ1) is 10.5. The third-order valence-corrected chi connectivity index (χ3v) is 2.50. The fraction of sp³-hybridized carbons (Fsp3) is 0.400. The minimum Gasteiger partial charge on any atom is -0.372 e. The first-order valence-corrected chi connectivity index (χ1v) is 4.67. The lowest BCUT2D eigenvalue weighted by Crippen LogP contribution is -2.38. The molecule has 0 spiro atoms. The topological polar surface area (TPSA) is 32.3 Å². The number of hydrogen-bond acceptors (Lipinski definition) is 2. The summed E-state index contributed by atoms with van der Waals surface area (Å²) in [6.07, 6.45) is 0.616. The summed E-state index contributed by atoms with van der Waals surface area (Å²) in [6.45, 7) is 1.92. The summed E-state index contributed by atoms with van der Waals surface area (Å²) < 4.78 is 0. The van der Waals surface area contributed by atoms with E-state index < -0.39 is 5.72 Å². The van der Waals surface area contributed by atoms with Crippen LogP contribution in [0.4, 0.5) is 0 Å². The number of aliphatic hydroxyl groups is 1. The maximum Gasteiger partial charge on any atom is 0.141 e. The van der Waals surface area contributed by atoms with Gasteiger partial charge in [0.25, 0.3) is 0 Å². The van der Waals surface area contributed by atoms with Crippen molar-refractivity contribution in [3.05, 3.63) is 34.9 Å². The normalized spacial score (nSPS) is 15.4. The zero-order chi connectivity index (χ0) is 9.90. The third-order valence-electron chi connectivity index (χ3n) is 2.25. The number of rotatable bonds is 3. The predicted molar refractivity (Wildman–Crippen MR) is 54.7 cm³/mol. The van der Waals surface area contributed by atoms with Gasteiger partial charge in [-0.25, -0.2) is 0 Å². The number of benzene rings is 1. The van der Waals surface area contributed by atoms with Crippen LogP contribution in [0.5, 0.6) is 0 Å². The molecule has 0 saturated carbocycles. The van der Waals surface area contributed by atoms with Crippen LogP contribution in [0.2, 0.25) is 5.02 Å². The van der Waals surface area contributed by atoms with Crippen molar-refractivity contribution in [2.24, 2.45) is 0 Å². The molecule has 2 N–H and O–H groups in total. The molecule has 0 saturated heterocycles. The summed E-state index contributed by atoms with van der Waals surface area (Å²) in [5, 5.41) is 13.6. The van der Waals surface area contributed by atoms with Gasteiger partial charge >= 0.3 is 0 Å². The molecule has 72 valence electrons. The van der Waals surface area contributed by atoms with Crippen molar-refractivity contribution >= 4 is 11.6 Å². The first-order valence-electron chi connectivity index (χ1n) is 4.29. The molecule has 1 aromatic carbocycles. The average molecular weight is 200 g/mol. The quantitative estimate of drug-likeness (QED) is 0.731. The summed E-state index contributed by atoms with van der Waals surface area (Å²) in [5.41, 5.74) is -0.105. The van der Waals surface area contributed by atoms with Gasteiger partial charge in [-0.2, -0.15) is 0 Å². The molecule has 3 heteroatoms. The lowest BCUT2D eigenvalue weighted by Gasteiger charge is -2.26. The van der Waals surface area contributed by atoms with Crippen LogP contribution < -0.4 is 5.32 Å². The van der Waals surface area contributed by atoms with E-state index in [2.05, 4.69) is 5.32 Å². The summed E-state index contributed by atoms with van der Waals surface area (Å²) >= 11 is 5.75. The Morgan fingerprint density at radius 3 is 2.31 bits per heavy atom. The first-order chi connectivity index (χ1) is 6.12. The van der Waals surface area contributed by atoms with Gasteiger partial charge in [0.1, 0.15) is 5.72 Å². The molecular formula is C10H14ClNO. The molecule has 0 fully saturated rings. The van der Waals surface area contributed by atoms with Crippen LogP contribution in [0.25, 0.3) is 0 Å². The lowest BCUT2D eigenvalue weighted by atomic mass is 10.0. The molecule has 0 aliphatic rings. The number of halogens is 1. The summed E-state index contributed by atoms with van der Waals surface area (Å²) in [7, 11) is 1.73. The van der Waals surface area contributed by atoms with Crippen molar-refractivity contribution < 1.29 is 5.11 Å².